The van der Waals surface area contributed by atoms with Crippen LogP contribution >= 0.6 is 11.8 Å². The summed E-state index contributed by atoms with van der Waals surface area (Å²) in [6, 6.07) is 0.530. The van der Waals surface area contributed by atoms with Crippen LogP contribution in [0.5, 0.6) is 0 Å². The van der Waals surface area contributed by atoms with Crippen molar-refractivity contribution >= 4 is 21.6 Å². The second kappa shape index (κ2) is 5.47. The van der Waals surface area contributed by atoms with Crippen LogP contribution in [0.25, 0.3) is 0 Å². The van der Waals surface area contributed by atoms with Crippen LogP contribution < -0.4 is 5.73 Å². The van der Waals surface area contributed by atoms with E-state index in [4.69, 9.17) is 5.73 Å². The Morgan fingerprint density at radius 1 is 1.47 bits per heavy atom. The Labute approximate surface area is 108 Å². The van der Waals surface area contributed by atoms with Crippen LogP contribution in [0.15, 0.2) is 0 Å². The summed E-state index contributed by atoms with van der Waals surface area (Å²) in [5.41, 5.74) is 5.89. The van der Waals surface area contributed by atoms with Gasteiger partial charge in [0.25, 0.3) is 0 Å². The number of hydrogen-bond donors (Lipinski definition) is 1. The van der Waals surface area contributed by atoms with Crippen molar-refractivity contribution in [1.82, 2.24) is 4.90 Å². The predicted octanol–water partition coefficient (Wildman–Crippen LogP) is 0.186. The molecule has 17 heavy (non-hydrogen) atoms. The number of sulfone groups is 1. The second-order valence-electron chi connectivity index (χ2n) is 5.15. The Morgan fingerprint density at radius 2 is 2.24 bits per heavy atom. The summed E-state index contributed by atoms with van der Waals surface area (Å²) in [4.78, 5) is 2.24. The molecule has 3 atom stereocenters. The Bertz CT molecular complexity index is 352. The molecule has 4 nitrogen and oxygen atoms in total. The van der Waals surface area contributed by atoms with E-state index < -0.39 is 9.84 Å². The lowest BCUT2D eigenvalue weighted by Gasteiger charge is -2.35. The molecule has 2 saturated heterocycles. The first-order valence-corrected chi connectivity index (χ1v) is 9.21. The van der Waals surface area contributed by atoms with Crippen molar-refractivity contribution in [3.8, 4) is 0 Å². The summed E-state index contributed by atoms with van der Waals surface area (Å²) in [7, 11) is -0.746. The third kappa shape index (κ3) is 3.16. The number of thioether (sulfide) groups is 1. The minimum atomic E-state index is -2.79. The molecule has 0 aromatic carbocycles. The van der Waals surface area contributed by atoms with Crippen molar-refractivity contribution in [3.63, 3.8) is 0 Å². The summed E-state index contributed by atoms with van der Waals surface area (Å²) < 4.78 is 23.0. The number of hydrogen-bond acceptors (Lipinski definition) is 5. The van der Waals surface area contributed by atoms with Crippen LogP contribution in [-0.2, 0) is 9.84 Å². The largest absolute Gasteiger partial charge is 0.329 e. The normalized spacial score (nSPS) is 34.3. The molecule has 0 aromatic heterocycles. The Balaban J connectivity index is 1.99. The third-order valence-electron chi connectivity index (χ3n) is 4.06. The zero-order valence-corrected chi connectivity index (χ0v) is 12.0. The molecule has 2 heterocycles. The third-order valence-corrected chi connectivity index (χ3v) is 7.00. The first-order chi connectivity index (χ1) is 8.03. The maximum absolute atomic E-state index is 11.5. The molecule has 0 spiro atoms. The van der Waals surface area contributed by atoms with Gasteiger partial charge >= 0.3 is 0 Å². The monoisotopic (exact) mass is 278 g/mol. The van der Waals surface area contributed by atoms with Gasteiger partial charge in [-0.2, -0.15) is 11.8 Å². The molecule has 3 unspecified atom stereocenters. The van der Waals surface area contributed by atoms with E-state index in [1.54, 1.807) is 0 Å². The van der Waals surface area contributed by atoms with Gasteiger partial charge in [0.1, 0.15) is 0 Å². The lowest BCUT2D eigenvalue weighted by Crippen LogP contribution is -2.49. The lowest BCUT2D eigenvalue weighted by atomic mass is 9.96. The van der Waals surface area contributed by atoms with Gasteiger partial charge in [0.05, 0.1) is 11.5 Å². The highest BCUT2D eigenvalue weighted by atomic mass is 32.2. The maximum atomic E-state index is 11.5. The summed E-state index contributed by atoms with van der Waals surface area (Å²) in [5, 5.41) is 0. The molecule has 2 fully saturated rings. The van der Waals surface area contributed by atoms with Crippen molar-refractivity contribution in [2.75, 3.05) is 36.6 Å². The van der Waals surface area contributed by atoms with Gasteiger partial charge in [0, 0.05) is 18.6 Å². The highest BCUT2D eigenvalue weighted by molar-refractivity contribution is 7.99. The quantitative estimate of drug-likeness (QED) is 0.795. The first kappa shape index (κ1) is 13.6. The first-order valence-electron chi connectivity index (χ1n) is 6.23. The van der Waals surface area contributed by atoms with Gasteiger partial charge in [0.15, 0.2) is 9.84 Å². The number of rotatable bonds is 4. The molecule has 2 N–H and O–H groups in total. The van der Waals surface area contributed by atoms with E-state index >= 15 is 0 Å². The zero-order chi connectivity index (χ0) is 12.5. The topological polar surface area (TPSA) is 63.4 Å². The summed E-state index contributed by atoms with van der Waals surface area (Å²) in [5.74, 6) is 3.70. The Morgan fingerprint density at radius 3 is 2.71 bits per heavy atom. The average Bonchev–Trinajstić information content (AvgIpc) is 2.88. The molecule has 0 aliphatic carbocycles. The van der Waals surface area contributed by atoms with E-state index in [1.807, 2.05) is 18.8 Å². The highest BCUT2D eigenvalue weighted by Crippen LogP contribution is 2.30. The van der Waals surface area contributed by atoms with E-state index in [-0.39, 0.29) is 6.04 Å². The molecule has 0 radical (unpaired) electrons. The molecule has 0 saturated carbocycles. The molecular formula is C11H22N2O2S2. The maximum Gasteiger partial charge on any atom is 0.151 e. The van der Waals surface area contributed by atoms with E-state index in [0.717, 1.165) is 6.42 Å². The van der Waals surface area contributed by atoms with E-state index in [0.29, 0.717) is 30.0 Å². The van der Waals surface area contributed by atoms with Crippen LogP contribution in [0.3, 0.4) is 0 Å². The van der Waals surface area contributed by atoms with Gasteiger partial charge in [0.2, 0.25) is 0 Å². The fourth-order valence-electron chi connectivity index (χ4n) is 2.91. The molecular weight excluding hydrogens is 256 g/mol. The second-order valence-corrected chi connectivity index (χ2v) is 8.53. The molecule has 2 rings (SSSR count). The number of nitrogens with two attached hydrogens (primary N) is 1. The van der Waals surface area contributed by atoms with Gasteiger partial charge in [-0.3, -0.25) is 4.90 Å². The number of likely N-dealkylation sites (N-methyl/N-ethyl adjacent to an activating group) is 1. The molecule has 6 heteroatoms. The molecule has 0 amide bonds. The number of nitrogens with zero attached hydrogens (tertiary/aromatic N) is 1. The van der Waals surface area contributed by atoms with Crippen LogP contribution in [-0.4, -0.2) is 62.0 Å². The average molecular weight is 278 g/mol. The van der Waals surface area contributed by atoms with Crippen molar-refractivity contribution in [2.45, 2.75) is 24.9 Å². The van der Waals surface area contributed by atoms with Crippen molar-refractivity contribution < 1.29 is 8.42 Å². The molecule has 0 aromatic rings. The highest BCUT2D eigenvalue weighted by Gasteiger charge is 2.36. The van der Waals surface area contributed by atoms with Gasteiger partial charge < -0.3 is 5.73 Å². The fourth-order valence-corrected chi connectivity index (χ4v) is 6.03. The molecule has 2 aliphatic rings. The lowest BCUT2D eigenvalue weighted by molar-refractivity contribution is 0.148. The SMILES string of the molecule is CN(C1CCS(=O)(=O)C1)C(CN)C1CCSC1. The summed E-state index contributed by atoms with van der Waals surface area (Å²) in [6.07, 6.45) is 1.99. The van der Waals surface area contributed by atoms with Crippen molar-refractivity contribution in [3.05, 3.63) is 0 Å². The summed E-state index contributed by atoms with van der Waals surface area (Å²) >= 11 is 1.99. The molecule has 0 bridgehead atoms. The molecule has 2 aliphatic heterocycles. The van der Waals surface area contributed by atoms with Gasteiger partial charge in [-0.15, -0.1) is 0 Å². The van der Waals surface area contributed by atoms with Crippen molar-refractivity contribution in [2.24, 2.45) is 11.7 Å². The Hall–Kier alpha value is 0.220. The van der Waals surface area contributed by atoms with Crippen molar-refractivity contribution in [1.29, 1.82) is 0 Å². The zero-order valence-electron chi connectivity index (χ0n) is 10.3. The van der Waals surface area contributed by atoms with E-state index in [2.05, 4.69) is 4.90 Å². The van der Waals surface area contributed by atoms with E-state index in [1.165, 1.54) is 17.9 Å². The van der Waals surface area contributed by atoms with Gasteiger partial charge in [-0.05, 0) is 37.3 Å². The van der Waals surface area contributed by atoms with Crippen LogP contribution in [0, 0.1) is 5.92 Å². The summed E-state index contributed by atoms with van der Waals surface area (Å²) in [6.45, 7) is 0.637. The molecule has 100 valence electrons. The van der Waals surface area contributed by atoms with Gasteiger partial charge in [-0.25, -0.2) is 8.42 Å². The fraction of sp³-hybridized carbons (Fsp3) is 1.00. The van der Waals surface area contributed by atoms with Crippen LogP contribution in [0.2, 0.25) is 0 Å². The minimum absolute atomic E-state index is 0.180. The van der Waals surface area contributed by atoms with Crippen LogP contribution in [0.1, 0.15) is 12.8 Å². The minimum Gasteiger partial charge on any atom is -0.329 e. The predicted molar refractivity (Wildman–Crippen MR) is 73.1 cm³/mol. The smallest absolute Gasteiger partial charge is 0.151 e. The Kier molecular flexibility index (Phi) is 4.39. The standard InChI is InChI=1S/C11H22N2O2S2/c1-13(10-3-5-17(14,15)8-10)11(6-12)9-2-4-16-7-9/h9-11H,2-8,12H2,1H3. The van der Waals surface area contributed by atoms with E-state index in [9.17, 15) is 8.42 Å². The van der Waals surface area contributed by atoms with Crippen LogP contribution in [0.4, 0.5) is 0 Å². The van der Waals surface area contributed by atoms with Gasteiger partial charge in [-0.1, -0.05) is 0 Å².